The van der Waals surface area contributed by atoms with Crippen LogP contribution in [0.5, 0.6) is 0 Å². The van der Waals surface area contributed by atoms with Crippen molar-refractivity contribution in [1.82, 2.24) is 59.8 Å². The summed E-state index contributed by atoms with van der Waals surface area (Å²) in [6, 6.07) is 138. The fourth-order valence-corrected chi connectivity index (χ4v) is 15.0. The van der Waals surface area contributed by atoms with Gasteiger partial charge in [-0.15, -0.1) is 0 Å². The van der Waals surface area contributed by atoms with Crippen molar-refractivity contribution in [1.29, 1.82) is 0 Å². The molecule has 542 valence electrons. The Bertz CT molecular complexity index is 6870. The van der Waals surface area contributed by atoms with Crippen molar-refractivity contribution in [3.05, 3.63) is 400 Å². The fraction of sp³-hybridized carbons (Fsp3) is 0. The molecule has 0 bridgehead atoms. The van der Waals surface area contributed by atoms with Gasteiger partial charge in [0.15, 0.2) is 69.9 Å². The summed E-state index contributed by atoms with van der Waals surface area (Å²) in [4.78, 5) is 61.7. The van der Waals surface area contributed by atoms with Gasteiger partial charge in [0.2, 0.25) is 0 Å². The molecular formula is C104H66N12. The van der Waals surface area contributed by atoms with Gasteiger partial charge in [0.25, 0.3) is 0 Å². The maximum Gasteiger partial charge on any atom is 0.164 e. The molecule has 12 nitrogen and oxygen atoms in total. The minimum absolute atomic E-state index is 0.538. The van der Waals surface area contributed by atoms with E-state index in [0.29, 0.717) is 69.9 Å². The van der Waals surface area contributed by atoms with Gasteiger partial charge in [-0.25, -0.2) is 59.8 Å². The third-order valence-corrected chi connectivity index (χ3v) is 20.9. The van der Waals surface area contributed by atoms with Gasteiger partial charge in [0.05, 0.1) is 0 Å². The highest BCUT2D eigenvalue weighted by Crippen LogP contribution is 2.43. The molecule has 0 unspecified atom stereocenters. The molecule has 12 heteroatoms. The lowest BCUT2D eigenvalue weighted by molar-refractivity contribution is 1.07. The van der Waals surface area contributed by atoms with E-state index >= 15 is 0 Å². The highest BCUT2D eigenvalue weighted by atomic mass is 15.1. The van der Waals surface area contributed by atoms with E-state index in [2.05, 4.69) is 188 Å². The maximum atomic E-state index is 5.41. The number of nitrogens with zero attached hydrogens (tertiary/aromatic N) is 12. The van der Waals surface area contributed by atoms with E-state index in [1.54, 1.807) is 0 Å². The first-order valence-electron chi connectivity index (χ1n) is 38.5. The highest BCUT2D eigenvalue weighted by molar-refractivity contribution is 6.08. The molecule has 20 aromatic rings. The Morgan fingerprint density at radius 2 is 0.328 bits per heavy atom. The zero-order chi connectivity index (χ0) is 77.1. The van der Waals surface area contributed by atoms with Crippen LogP contribution in [0.4, 0.5) is 0 Å². The maximum absolute atomic E-state index is 5.41. The minimum atomic E-state index is 0.538. The summed E-state index contributed by atoms with van der Waals surface area (Å²) in [6.45, 7) is 0. The summed E-state index contributed by atoms with van der Waals surface area (Å²) < 4.78 is 0. The third kappa shape index (κ3) is 14.2. The summed E-state index contributed by atoms with van der Waals surface area (Å²) >= 11 is 0. The Hall–Kier alpha value is -15.9. The molecule has 0 aliphatic heterocycles. The van der Waals surface area contributed by atoms with Gasteiger partial charge in [0, 0.05) is 66.8 Å². The lowest BCUT2D eigenvalue weighted by atomic mass is 9.88. The molecular weight excluding hydrogens is 1420 g/mol. The van der Waals surface area contributed by atoms with Gasteiger partial charge >= 0.3 is 0 Å². The van der Waals surface area contributed by atoms with Crippen molar-refractivity contribution in [2.75, 3.05) is 0 Å². The van der Waals surface area contributed by atoms with Gasteiger partial charge in [-0.05, 0) is 120 Å². The first kappa shape index (κ1) is 69.3. The third-order valence-electron chi connectivity index (χ3n) is 20.9. The average molecular weight is 1480 g/mol. The summed E-state index contributed by atoms with van der Waals surface area (Å²) in [5.41, 5.74) is 20.8. The summed E-state index contributed by atoms with van der Waals surface area (Å²) in [5.74, 6) is 6.99. The van der Waals surface area contributed by atoms with Crippen LogP contribution in [0.15, 0.2) is 400 Å². The molecule has 0 aliphatic carbocycles. The van der Waals surface area contributed by atoms with E-state index in [0.717, 1.165) is 144 Å². The Morgan fingerprint density at radius 1 is 0.103 bits per heavy atom. The number of rotatable bonds is 17. The fourth-order valence-electron chi connectivity index (χ4n) is 15.0. The Kier molecular flexibility index (Phi) is 18.4. The second-order valence-corrected chi connectivity index (χ2v) is 28.4. The van der Waals surface area contributed by atoms with Crippen LogP contribution in [-0.2, 0) is 0 Å². The van der Waals surface area contributed by atoms with Crippen LogP contribution in [0, 0.1) is 0 Å². The number of hydrogen-bond donors (Lipinski definition) is 0. The minimum Gasteiger partial charge on any atom is -0.208 e. The molecule has 0 saturated carbocycles. The predicted octanol–water partition coefficient (Wildman–Crippen LogP) is 25.1. The summed E-state index contributed by atoms with van der Waals surface area (Å²) in [6.07, 6.45) is 0. The summed E-state index contributed by atoms with van der Waals surface area (Å²) in [7, 11) is 0. The van der Waals surface area contributed by atoms with Crippen LogP contribution in [-0.4, -0.2) is 59.8 Å². The lowest BCUT2D eigenvalue weighted by Gasteiger charge is -2.16. The van der Waals surface area contributed by atoms with Gasteiger partial charge in [0.1, 0.15) is 0 Å². The second-order valence-electron chi connectivity index (χ2n) is 28.4. The van der Waals surface area contributed by atoms with E-state index in [-0.39, 0.29) is 0 Å². The molecule has 0 spiro atoms. The van der Waals surface area contributed by atoms with Gasteiger partial charge in [-0.1, -0.05) is 358 Å². The van der Waals surface area contributed by atoms with E-state index in [1.807, 2.05) is 212 Å². The molecule has 0 radical (unpaired) electrons. The first-order chi connectivity index (χ1) is 57.4. The van der Waals surface area contributed by atoms with Gasteiger partial charge in [-0.3, -0.25) is 0 Å². The molecule has 0 aliphatic rings. The predicted molar refractivity (Wildman–Crippen MR) is 467 cm³/mol. The van der Waals surface area contributed by atoms with Crippen molar-refractivity contribution < 1.29 is 0 Å². The van der Waals surface area contributed by atoms with Crippen LogP contribution < -0.4 is 0 Å². The lowest BCUT2D eigenvalue weighted by Crippen LogP contribution is -2.00. The first-order valence-corrected chi connectivity index (χ1v) is 38.5. The van der Waals surface area contributed by atoms with Crippen LogP contribution in [0.3, 0.4) is 0 Å². The Morgan fingerprint density at radius 3 is 0.672 bits per heavy atom. The smallest absolute Gasteiger partial charge is 0.164 e. The summed E-state index contributed by atoms with van der Waals surface area (Å²) in [5, 5.41) is 4.33. The Balaban J connectivity index is 0.682. The van der Waals surface area contributed by atoms with Crippen molar-refractivity contribution in [2.24, 2.45) is 0 Å². The molecule has 20 rings (SSSR count). The number of hydrogen-bond acceptors (Lipinski definition) is 12. The molecule has 0 atom stereocenters. The number of benzene rings is 16. The van der Waals surface area contributed by atoms with Gasteiger partial charge in [-0.2, -0.15) is 0 Å². The molecule has 0 N–H and O–H groups in total. The topological polar surface area (TPSA) is 155 Å². The molecule has 0 saturated heterocycles. The van der Waals surface area contributed by atoms with Crippen LogP contribution in [0.2, 0.25) is 0 Å². The second kappa shape index (κ2) is 30.7. The zero-order valence-corrected chi connectivity index (χ0v) is 62.5. The number of fused-ring (bicyclic) bond motifs is 2. The molecule has 4 heterocycles. The van der Waals surface area contributed by atoms with Crippen LogP contribution in [0.25, 0.3) is 214 Å². The normalized spacial score (nSPS) is 11.3. The van der Waals surface area contributed by atoms with E-state index < -0.39 is 0 Å². The zero-order valence-electron chi connectivity index (χ0n) is 62.5. The van der Waals surface area contributed by atoms with Crippen LogP contribution >= 0.6 is 0 Å². The van der Waals surface area contributed by atoms with Crippen molar-refractivity contribution in [2.45, 2.75) is 0 Å². The molecule has 16 aromatic carbocycles. The van der Waals surface area contributed by atoms with Crippen LogP contribution in [0.1, 0.15) is 0 Å². The van der Waals surface area contributed by atoms with E-state index in [1.165, 1.54) is 0 Å². The van der Waals surface area contributed by atoms with Crippen molar-refractivity contribution in [3.8, 4) is 192 Å². The average Bonchev–Trinajstić information content (AvgIpc) is 0.756. The molecule has 0 fully saturated rings. The van der Waals surface area contributed by atoms with E-state index in [4.69, 9.17) is 59.8 Å². The quantitative estimate of drug-likeness (QED) is 0.0852. The van der Waals surface area contributed by atoms with Gasteiger partial charge < -0.3 is 0 Å². The number of aromatic nitrogens is 12. The molecule has 4 aromatic heterocycles. The van der Waals surface area contributed by atoms with Crippen molar-refractivity contribution >= 4 is 21.5 Å². The van der Waals surface area contributed by atoms with Crippen molar-refractivity contribution in [3.63, 3.8) is 0 Å². The monoisotopic (exact) mass is 1480 g/mol. The SMILES string of the molecule is c1ccc(-c2nc(-c3ccccc3)nc(-c3ccc(-c4cc(-c5cccc(-c6nc(-c7ccccc7)nc(-c7ccccc7)n6)c5)cc5c(-c6cccc(-c7nc(-c8ccccc8)nc(-c8cccc(-c9ccc%10cccc(-c%11cccc(-c%12nc(-c%13ccccc%13)nc(-c%13ccccc%13)n%12)c%11)c%10c9)c8)n7)c6)cccc45)cc3)n2)cc1. The molecule has 0 amide bonds. The van der Waals surface area contributed by atoms with E-state index in [9.17, 15) is 0 Å². The highest BCUT2D eigenvalue weighted by Gasteiger charge is 2.22. The Labute approximate surface area is 669 Å². The molecule has 116 heavy (non-hydrogen) atoms. The standard InChI is InChI=1S/C104H66N12/c1-8-28-69(29-9-1)93-105-94(70-30-10-2-11-31-70)109-100(108-93)76-57-54-68(55-58-76)91-65-86(78-44-23-48-83(61-78)101-110-95(71-32-12-3-13-33-71)106-96(111-101)72-34-14-4-15-35-72)66-92-88(52-27-53-89(91)92)81-46-25-50-85(63-81)104-115-99(75-40-20-7-21-41-75)114-102(116-104)82-47-22-43-77(60-82)79-59-56-67-42-26-51-87(90(67)64-79)80-45-24-49-84(62-80)103-112-97(73-36-16-5-17-37-73)107-98(113-103)74-38-18-6-19-39-74/h1-66H. The largest absolute Gasteiger partial charge is 0.208 e.